The van der Waals surface area contributed by atoms with E-state index in [0.29, 0.717) is 17.9 Å². The Balaban J connectivity index is 1.92. The van der Waals surface area contributed by atoms with Gasteiger partial charge in [0.15, 0.2) is 0 Å². The molecule has 0 spiro atoms. The first-order chi connectivity index (χ1) is 14.0. The fourth-order valence-corrected chi connectivity index (χ4v) is 3.01. The number of nitriles is 1. The molecule has 0 saturated heterocycles. The summed E-state index contributed by atoms with van der Waals surface area (Å²) in [4.78, 5) is 24.5. The summed E-state index contributed by atoms with van der Waals surface area (Å²) in [6, 6.07) is 16.8. The highest BCUT2D eigenvalue weighted by atomic mass is 16.5. The molecule has 6 nitrogen and oxygen atoms in total. The molecular weight excluding hydrogens is 366 g/mol. The van der Waals surface area contributed by atoms with Crippen LogP contribution in [0.3, 0.4) is 0 Å². The Bertz CT molecular complexity index is 1120. The Morgan fingerprint density at radius 1 is 1.17 bits per heavy atom. The van der Waals surface area contributed by atoms with Crippen LogP contribution in [0.15, 0.2) is 60.3 Å². The second-order valence-electron chi connectivity index (χ2n) is 6.52. The van der Waals surface area contributed by atoms with Gasteiger partial charge >= 0.3 is 5.97 Å². The highest BCUT2D eigenvalue weighted by molar-refractivity contribution is 6.10. The molecule has 0 aliphatic heterocycles. The predicted molar refractivity (Wildman–Crippen MR) is 112 cm³/mol. The molecule has 0 unspecified atom stereocenters. The number of carbonyl (C=O) groups excluding carboxylic acids is 2. The maximum absolute atomic E-state index is 12.6. The molecule has 0 saturated carbocycles. The first-order valence-corrected chi connectivity index (χ1v) is 9.25. The molecule has 3 rings (SSSR count). The van der Waals surface area contributed by atoms with Gasteiger partial charge in [0.1, 0.15) is 18.2 Å². The second kappa shape index (κ2) is 8.89. The lowest BCUT2D eigenvalue weighted by Gasteiger charge is -2.04. The van der Waals surface area contributed by atoms with Crippen LogP contribution in [-0.2, 0) is 20.9 Å². The Kier molecular flexibility index (Phi) is 6.10. The minimum Gasteiger partial charge on any atom is -0.465 e. The van der Waals surface area contributed by atoms with Crippen LogP contribution in [0.1, 0.15) is 18.1 Å². The highest BCUT2D eigenvalue weighted by Crippen LogP contribution is 2.24. The van der Waals surface area contributed by atoms with Crippen molar-refractivity contribution in [3.05, 3.63) is 71.4 Å². The topological polar surface area (TPSA) is 84.1 Å². The number of rotatable bonds is 6. The number of anilines is 1. The van der Waals surface area contributed by atoms with E-state index in [1.807, 2.05) is 49.4 Å². The van der Waals surface area contributed by atoms with Gasteiger partial charge in [0.25, 0.3) is 5.91 Å². The molecule has 1 amide bonds. The number of benzene rings is 2. The second-order valence-corrected chi connectivity index (χ2v) is 6.52. The number of ether oxygens (including phenoxy) is 1. The van der Waals surface area contributed by atoms with E-state index in [0.717, 1.165) is 16.5 Å². The largest absolute Gasteiger partial charge is 0.465 e. The van der Waals surface area contributed by atoms with Gasteiger partial charge in [-0.25, -0.2) is 0 Å². The van der Waals surface area contributed by atoms with Crippen LogP contribution in [0, 0.1) is 18.3 Å². The summed E-state index contributed by atoms with van der Waals surface area (Å²) >= 11 is 0. The monoisotopic (exact) mass is 387 g/mol. The minimum atomic E-state index is -0.487. The molecule has 1 N–H and O–H groups in total. The van der Waals surface area contributed by atoms with E-state index < -0.39 is 5.91 Å². The predicted octanol–water partition coefficient (Wildman–Crippen LogP) is 4.06. The number of hydrogen-bond donors (Lipinski definition) is 1. The zero-order chi connectivity index (χ0) is 20.8. The van der Waals surface area contributed by atoms with Crippen LogP contribution in [0.2, 0.25) is 0 Å². The lowest BCUT2D eigenvalue weighted by molar-refractivity contribution is -0.143. The van der Waals surface area contributed by atoms with Gasteiger partial charge in [0, 0.05) is 28.4 Å². The van der Waals surface area contributed by atoms with Crippen LogP contribution in [-0.4, -0.2) is 23.1 Å². The standard InChI is InChI=1S/C23H21N3O3/c1-3-29-22(27)15-26-14-18(20-6-4-5-7-21(20)26)12-17(13-24)23(28)25-19-10-8-16(2)9-11-19/h4-12,14H,3,15H2,1-2H3,(H,25,28)/b17-12-. The number of aromatic nitrogens is 1. The van der Waals surface area contributed by atoms with Crippen molar-refractivity contribution in [3.8, 4) is 6.07 Å². The van der Waals surface area contributed by atoms with E-state index in [2.05, 4.69) is 5.32 Å². The number of para-hydroxylation sites is 1. The third-order valence-corrected chi connectivity index (χ3v) is 4.40. The van der Waals surface area contributed by atoms with Gasteiger partial charge in [-0.15, -0.1) is 0 Å². The number of nitrogens with zero attached hydrogens (tertiary/aromatic N) is 2. The number of nitrogens with one attached hydrogen (secondary N) is 1. The molecule has 3 aromatic rings. The summed E-state index contributed by atoms with van der Waals surface area (Å²) in [7, 11) is 0. The lowest BCUT2D eigenvalue weighted by Crippen LogP contribution is -2.13. The molecule has 146 valence electrons. The highest BCUT2D eigenvalue weighted by Gasteiger charge is 2.14. The summed E-state index contributed by atoms with van der Waals surface area (Å²) in [5.74, 6) is -0.833. The lowest BCUT2D eigenvalue weighted by atomic mass is 10.1. The van der Waals surface area contributed by atoms with E-state index in [4.69, 9.17) is 4.74 Å². The van der Waals surface area contributed by atoms with Gasteiger partial charge in [-0.1, -0.05) is 35.9 Å². The Morgan fingerprint density at radius 2 is 1.90 bits per heavy atom. The van der Waals surface area contributed by atoms with E-state index in [-0.39, 0.29) is 18.1 Å². The van der Waals surface area contributed by atoms with Crippen molar-refractivity contribution in [3.63, 3.8) is 0 Å². The van der Waals surface area contributed by atoms with Crippen molar-refractivity contribution in [1.29, 1.82) is 5.26 Å². The first-order valence-electron chi connectivity index (χ1n) is 9.25. The van der Waals surface area contributed by atoms with Crippen molar-refractivity contribution >= 4 is 34.5 Å². The molecule has 6 heteroatoms. The maximum Gasteiger partial charge on any atom is 0.325 e. The van der Waals surface area contributed by atoms with E-state index in [1.54, 1.807) is 29.8 Å². The van der Waals surface area contributed by atoms with Crippen molar-refractivity contribution in [2.24, 2.45) is 0 Å². The SMILES string of the molecule is CCOC(=O)Cn1cc(/C=C(/C#N)C(=O)Nc2ccc(C)cc2)c2ccccc21. The smallest absolute Gasteiger partial charge is 0.325 e. The van der Waals surface area contributed by atoms with Crippen molar-refractivity contribution in [2.45, 2.75) is 20.4 Å². The van der Waals surface area contributed by atoms with Crippen LogP contribution in [0.25, 0.3) is 17.0 Å². The molecule has 0 atom stereocenters. The Hall–Kier alpha value is -3.85. The molecule has 0 radical (unpaired) electrons. The zero-order valence-corrected chi connectivity index (χ0v) is 16.3. The number of carbonyl (C=O) groups is 2. The minimum absolute atomic E-state index is 0.0235. The van der Waals surface area contributed by atoms with Crippen LogP contribution in [0.4, 0.5) is 5.69 Å². The fraction of sp³-hybridized carbons (Fsp3) is 0.174. The summed E-state index contributed by atoms with van der Waals surface area (Å²) in [5, 5.41) is 13.1. The van der Waals surface area contributed by atoms with Gasteiger partial charge in [0.2, 0.25) is 0 Å². The van der Waals surface area contributed by atoms with E-state index in [1.165, 1.54) is 6.08 Å². The quantitative estimate of drug-likeness (QED) is 0.393. The number of amides is 1. The van der Waals surface area contributed by atoms with Gasteiger partial charge in [-0.3, -0.25) is 9.59 Å². The average molecular weight is 387 g/mol. The van der Waals surface area contributed by atoms with Gasteiger partial charge < -0.3 is 14.6 Å². The number of esters is 1. The maximum atomic E-state index is 12.6. The molecule has 1 aromatic heterocycles. The summed E-state index contributed by atoms with van der Waals surface area (Å²) in [5.41, 5.74) is 3.17. The van der Waals surface area contributed by atoms with Gasteiger partial charge in [0.05, 0.1) is 6.61 Å². The van der Waals surface area contributed by atoms with Gasteiger partial charge in [-0.05, 0) is 38.1 Å². The summed E-state index contributed by atoms with van der Waals surface area (Å²) in [6.45, 7) is 4.08. The molecule has 1 heterocycles. The fourth-order valence-electron chi connectivity index (χ4n) is 3.01. The molecule has 29 heavy (non-hydrogen) atoms. The van der Waals surface area contributed by atoms with Crippen LogP contribution >= 0.6 is 0 Å². The zero-order valence-electron chi connectivity index (χ0n) is 16.3. The normalized spacial score (nSPS) is 11.1. The third kappa shape index (κ3) is 4.71. The molecule has 0 aliphatic rings. The molecular formula is C23H21N3O3. The Labute approximate surface area is 169 Å². The van der Waals surface area contributed by atoms with Crippen molar-refractivity contribution < 1.29 is 14.3 Å². The van der Waals surface area contributed by atoms with E-state index in [9.17, 15) is 14.9 Å². The molecule has 2 aromatic carbocycles. The van der Waals surface area contributed by atoms with E-state index >= 15 is 0 Å². The summed E-state index contributed by atoms with van der Waals surface area (Å²) < 4.78 is 6.78. The van der Waals surface area contributed by atoms with Crippen molar-refractivity contribution in [1.82, 2.24) is 4.57 Å². The van der Waals surface area contributed by atoms with Crippen LogP contribution in [0.5, 0.6) is 0 Å². The molecule has 0 aliphatic carbocycles. The Morgan fingerprint density at radius 3 is 2.59 bits per heavy atom. The molecule has 0 fully saturated rings. The van der Waals surface area contributed by atoms with Gasteiger partial charge in [-0.2, -0.15) is 5.26 Å². The number of aryl methyl sites for hydroxylation is 1. The number of fused-ring (bicyclic) bond motifs is 1. The first kappa shape index (κ1) is 19.9. The third-order valence-electron chi connectivity index (χ3n) is 4.40. The van der Waals surface area contributed by atoms with Crippen LogP contribution < -0.4 is 5.32 Å². The average Bonchev–Trinajstić information content (AvgIpc) is 3.05. The van der Waals surface area contributed by atoms with Crippen molar-refractivity contribution in [2.75, 3.05) is 11.9 Å². The molecule has 0 bridgehead atoms. The summed E-state index contributed by atoms with van der Waals surface area (Å²) in [6.07, 6.45) is 3.28. The number of hydrogen-bond acceptors (Lipinski definition) is 4.